The summed E-state index contributed by atoms with van der Waals surface area (Å²) < 4.78 is 11.3. The average molecular weight is 260 g/mol. The van der Waals surface area contributed by atoms with Crippen LogP contribution in [0.1, 0.15) is 34.1 Å². The maximum absolute atomic E-state index is 12.1. The van der Waals surface area contributed by atoms with Crippen molar-refractivity contribution in [3.05, 3.63) is 0 Å². The van der Waals surface area contributed by atoms with Crippen LogP contribution in [0, 0.1) is 5.92 Å². The first-order valence-corrected chi connectivity index (χ1v) is 7.85. The molecule has 1 aliphatic heterocycles. The predicted octanol–water partition coefficient (Wildman–Crippen LogP) is 0.946. The van der Waals surface area contributed by atoms with Gasteiger partial charge in [0.05, 0.1) is 12.2 Å². The van der Waals surface area contributed by atoms with Crippen molar-refractivity contribution >= 4 is 16.7 Å². The second kappa shape index (κ2) is 5.96. The van der Waals surface area contributed by atoms with Gasteiger partial charge in [-0.25, -0.2) is 0 Å². The molecule has 4 unspecified atom stereocenters. The number of hydrogen-bond donors (Lipinski definition) is 1. The highest BCUT2D eigenvalue weighted by Crippen LogP contribution is 2.17. The number of amides is 1. The molecule has 0 bridgehead atoms. The fourth-order valence-electron chi connectivity index (χ4n) is 2.06. The maximum Gasteiger partial charge on any atom is 0.241 e. The van der Waals surface area contributed by atoms with Crippen molar-refractivity contribution in [3.8, 4) is 0 Å². The van der Waals surface area contributed by atoms with E-state index in [4.69, 9.17) is 0 Å². The van der Waals surface area contributed by atoms with Crippen LogP contribution >= 0.6 is 0 Å². The van der Waals surface area contributed by atoms with Gasteiger partial charge in [-0.15, -0.1) is 0 Å². The minimum absolute atomic E-state index is 0.0626. The molecule has 5 heteroatoms. The summed E-state index contributed by atoms with van der Waals surface area (Å²) in [6, 6.07) is -0.0626. The fraction of sp³-hybridized carbons (Fsp3) is 0.917. The first kappa shape index (κ1) is 14.6. The highest BCUT2D eigenvalue weighted by molar-refractivity contribution is 7.84. The van der Waals surface area contributed by atoms with Gasteiger partial charge in [0.15, 0.2) is 0 Å². The molecule has 0 aromatic rings. The molecule has 4 nitrogen and oxygen atoms in total. The van der Waals surface area contributed by atoms with Gasteiger partial charge in [0.1, 0.15) is 0 Å². The third-order valence-corrected chi connectivity index (χ3v) is 4.82. The van der Waals surface area contributed by atoms with Crippen molar-refractivity contribution in [1.29, 1.82) is 0 Å². The van der Waals surface area contributed by atoms with Gasteiger partial charge in [-0.1, -0.05) is 20.8 Å². The topological polar surface area (TPSA) is 49.4 Å². The van der Waals surface area contributed by atoms with Gasteiger partial charge >= 0.3 is 0 Å². The summed E-state index contributed by atoms with van der Waals surface area (Å²) in [5.74, 6) is 0.495. The molecule has 0 radical (unpaired) electrons. The van der Waals surface area contributed by atoms with Crippen LogP contribution in [0.3, 0.4) is 0 Å². The van der Waals surface area contributed by atoms with Crippen molar-refractivity contribution in [2.75, 3.05) is 12.8 Å². The zero-order valence-corrected chi connectivity index (χ0v) is 12.2. The van der Waals surface area contributed by atoms with Gasteiger partial charge in [0, 0.05) is 28.9 Å². The van der Waals surface area contributed by atoms with Crippen LogP contribution in [0.2, 0.25) is 0 Å². The summed E-state index contributed by atoms with van der Waals surface area (Å²) in [5, 5.41) is 3.45. The Kier molecular flexibility index (Phi) is 5.13. The standard InChI is InChI=1S/C12H24N2O2S/c1-8(2)11-12(15)14(10(4)13-11)7-6-9(3)17(5)16/h8-11,13H,6-7H2,1-5H3. The second-order valence-corrected chi connectivity index (χ2v) is 7.00. The number of carbonyl (C=O) groups excluding carboxylic acids is 1. The Balaban J connectivity index is 2.54. The smallest absolute Gasteiger partial charge is 0.241 e. The lowest BCUT2D eigenvalue weighted by Crippen LogP contribution is -2.36. The lowest BCUT2D eigenvalue weighted by Gasteiger charge is -2.22. The largest absolute Gasteiger partial charge is 0.326 e. The van der Waals surface area contributed by atoms with E-state index < -0.39 is 10.8 Å². The van der Waals surface area contributed by atoms with Crippen LogP contribution in [0.5, 0.6) is 0 Å². The Bertz CT molecular complexity index is 307. The van der Waals surface area contributed by atoms with Crippen LogP contribution in [-0.4, -0.2) is 45.3 Å². The SMILES string of the molecule is CC(C)C1NC(C)N(CCC(C)S(C)=O)C1=O. The molecule has 1 heterocycles. The first-order chi connectivity index (χ1) is 7.84. The molecule has 0 aliphatic carbocycles. The summed E-state index contributed by atoms with van der Waals surface area (Å²) >= 11 is 0. The third-order valence-electron chi connectivity index (χ3n) is 3.45. The molecular weight excluding hydrogens is 236 g/mol. The number of nitrogens with one attached hydrogen (secondary N) is 1. The molecule has 1 N–H and O–H groups in total. The molecule has 1 fully saturated rings. The predicted molar refractivity (Wildman–Crippen MR) is 71.1 cm³/mol. The molecule has 0 saturated carbocycles. The summed E-state index contributed by atoms with van der Waals surface area (Å²) in [7, 11) is -0.809. The monoisotopic (exact) mass is 260 g/mol. The lowest BCUT2D eigenvalue weighted by molar-refractivity contribution is -0.130. The van der Waals surface area contributed by atoms with Crippen LogP contribution in [0.15, 0.2) is 0 Å². The molecule has 1 rings (SSSR count). The maximum atomic E-state index is 12.1. The molecule has 0 aromatic heterocycles. The Hall–Kier alpha value is -0.420. The summed E-state index contributed by atoms with van der Waals surface area (Å²) in [4.78, 5) is 14.0. The summed E-state index contributed by atoms with van der Waals surface area (Å²) in [6.45, 7) is 8.77. The van der Waals surface area contributed by atoms with E-state index in [0.29, 0.717) is 12.5 Å². The van der Waals surface area contributed by atoms with E-state index in [9.17, 15) is 9.00 Å². The van der Waals surface area contributed by atoms with Gasteiger partial charge in [-0.05, 0) is 19.3 Å². The second-order valence-electron chi connectivity index (χ2n) is 5.19. The number of hydrogen-bond acceptors (Lipinski definition) is 3. The van der Waals surface area contributed by atoms with Gasteiger partial charge in [0.2, 0.25) is 5.91 Å². The van der Waals surface area contributed by atoms with Gasteiger partial charge in [-0.3, -0.25) is 14.3 Å². The molecule has 4 atom stereocenters. The number of carbonyl (C=O) groups is 1. The summed E-state index contributed by atoms with van der Waals surface area (Å²) in [5.41, 5.74) is 0. The van der Waals surface area contributed by atoms with Crippen molar-refractivity contribution in [2.24, 2.45) is 5.92 Å². The average Bonchev–Trinajstić information content (AvgIpc) is 2.51. The number of rotatable bonds is 5. The van der Waals surface area contributed by atoms with E-state index >= 15 is 0 Å². The molecule has 0 spiro atoms. The highest BCUT2D eigenvalue weighted by atomic mass is 32.2. The minimum Gasteiger partial charge on any atom is -0.326 e. The number of nitrogens with zero attached hydrogens (tertiary/aromatic N) is 1. The first-order valence-electron chi connectivity index (χ1n) is 6.23. The lowest BCUT2D eigenvalue weighted by atomic mass is 10.1. The Morgan fingerprint density at radius 3 is 2.41 bits per heavy atom. The fourth-order valence-corrected chi connectivity index (χ4v) is 2.50. The van der Waals surface area contributed by atoms with Crippen LogP contribution < -0.4 is 5.32 Å². The molecule has 0 aromatic carbocycles. The van der Waals surface area contributed by atoms with Crippen molar-refractivity contribution < 1.29 is 9.00 Å². The van der Waals surface area contributed by atoms with Crippen LogP contribution in [0.4, 0.5) is 0 Å². The highest BCUT2D eigenvalue weighted by Gasteiger charge is 2.37. The van der Waals surface area contributed by atoms with Gasteiger partial charge < -0.3 is 4.90 Å². The van der Waals surface area contributed by atoms with E-state index in [1.165, 1.54) is 0 Å². The van der Waals surface area contributed by atoms with E-state index in [1.54, 1.807) is 6.26 Å². The normalized spacial score (nSPS) is 28.8. The molecule has 1 aliphatic rings. The van der Waals surface area contributed by atoms with E-state index in [-0.39, 0.29) is 23.4 Å². The van der Waals surface area contributed by atoms with Crippen LogP contribution in [-0.2, 0) is 15.6 Å². The summed E-state index contributed by atoms with van der Waals surface area (Å²) in [6.07, 6.45) is 2.60. The quantitative estimate of drug-likeness (QED) is 0.800. The Labute approximate surface area is 107 Å². The molecule has 1 saturated heterocycles. The molecule has 1 amide bonds. The van der Waals surface area contributed by atoms with Crippen molar-refractivity contribution in [2.45, 2.75) is 51.6 Å². The molecule has 17 heavy (non-hydrogen) atoms. The van der Waals surface area contributed by atoms with E-state index in [0.717, 1.165) is 6.42 Å². The van der Waals surface area contributed by atoms with Gasteiger partial charge in [-0.2, -0.15) is 0 Å². The van der Waals surface area contributed by atoms with Crippen molar-refractivity contribution in [3.63, 3.8) is 0 Å². The van der Waals surface area contributed by atoms with E-state index in [2.05, 4.69) is 19.2 Å². The third kappa shape index (κ3) is 3.52. The van der Waals surface area contributed by atoms with E-state index in [1.807, 2.05) is 18.7 Å². The van der Waals surface area contributed by atoms with Crippen molar-refractivity contribution in [1.82, 2.24) is 10.2 Å². The molecular formula is C12H24N2O2S. The van der Waals surface area contributed by atoms with Crippen LogP contribution in [0.25, 0.3) is 0 Å². The van der Waals surface area contributed by atoms with Gasteiger partial charge in [0.25, 0.3) is 0 Å². The Morgan fingerprint density at radius 1 is 1.41 bits per heavy atom. The Morgan fingerprint density at radius 2 is 2.00 bits per heavy atom. The zero-order chi connectivity index (χ0) is 13.2. The molecule has 100 valence electrons. The zero-order valence-electron chi connectivity index (χ0n) is 11.4. The minimum atomic E-state index is -0.809.